The van der Waals surface area contributed by atoms with E-state index in [1.54, 1.807) is 4.90 Å². The topological polar surface area (TPSA) is 71.1 Å². The van der Waals surface area contributed by atoms with Crippen molar-refractivity contribution < 1.29 is 19.1 Å². The number of carbonyl (C=O) groups is 2. The van der Waals surface area contributed by atoms with E-state index in [0.717, 1.165) is 55.0 Å². The van der Waals surface area contributed by atoms with Crippen LogP contribution in [0.4, 0.5) is 10.5 Å². The van der Waals surface area contributed by atoms with Crippen molar-refractivity contribution in [3.8, 4) is 11.5 Å². The molecule has 7 heteroatoms. The molecule has 3 aliphatic rings. The Hall–Kier alpha value is -3.22. The maximum absolute atomic E-state index is 13.5. The molecule has 0 saturated carbocycles. The summed E-state index contributed by atoms with van der Waals surface area (Å²) in [6.45, 7) is 3.00. The number of amides is 3. The lowest BCUT2D eigenvalue weighted by atomic mass is 9.95. The highest BCUT2D eigenvalue weighted by atomic mass is 16.6. The van der Waals surface area contributed by atoms with Crippen LogP contribution in [0.3, 0.4) is 0 Å². The van der Waals surface area contributed by atoms with Crippen molar-refractivity contribution in [2.75, 3.05) is 38.2 Å². The number of fused-ring (bicyclic) bond motifs is 1. The van der Waals surface area contributed by atoms with Crippen LogP contribution in [0.2, 0.25) is 0 Å². The van der Waals surface area contributed by atoms with Crippen molar-refractivity contribution >= 4 is 17.6 Å². The quantitative estimate of drug-likeness (QED) is 0.789. The average Bonchev–Trinajstić information content (AvgIpc) is 3.34. The second-order valence-corrected chi connectivity index (χ2v) is 8.67. The van der Waals surface area contributed by atoms with Gasteiger partial charge in [0.25, 0.3) is 0 Å². The van der Waals surface area contributed by atoms with E-state index < -0.39 is 0 Å². The molecule has 5 rings (SSSR count). The van der Waals surface area contributed by atoms with Crippen molar-refractivity contribution in [2.24, 2.45) is 5.92 Å². The van der Waals surface area contributed by atoms with Gasteiger partial charge in [-0.1, -0.05) is 24.3 Å². The number of carbonyl (C=O) groups excluding carboxylic acids is 2. The zero-order valence-electron chi connectivity index (χ0n) is 18.2. The Kier molecular flexibility index (Phi) is 5.88. The molecule has 0 bridgehead atoms. The van der Waals surface area contributed by atoms with E-state index in [1.165, 1.54) is 0 Å². The maximum atomic E-state index is 13.5. The first-order chi connectivity index (χ1) is 15.7. The molecule has 3 amide bonds. The molecule has 3 aliphatic heterocycles. The summed E-state index contributed by atoms with van der Waals surface area (Å²) in [5, 5.41) is 2.94. The first kappa shape index (κ1) is 20.7. The van der Waals surface area contributed by atoms with Gasteiger partial charge in [0.2, 0.25) is 5.91 Å². The Labute approximate surface area is 188 Å². The van der Waals surface area contributed by atoms with Crippen molar-refractivity contribution in [1.29, 1.82) is 0 Å². The number of anilines is 1. The molecule has 0 radical (unpaired) electrons. The maximum Gasteiger partial charge on any atom is 0.321 e. The number of ether oxygens (including phenoxy) is 2. The Morgan fingerprint density at radius 2 is 1.69 bits per heavy atom. The van der Waals surface area contributed by atoms with Gasteiger partial charge in [0.1, 0.15) is 13.2 Å². The molecule has 2 saturated heterocycles. The molecule has 0 unspecified atom stereocenters. The van der Waals surface area contributed by atoms with E-state index >= 15 is 0 Å². The highest BCUT2D eigenvalue weighted by Crippen LogP contribution is 2.39. The van der Waals surface area contributed by atoms with Gasteiger partial charge < -0.3 is 24.6 Å². The summed E-state index contributed by atoms with van der Waals surface area (Å²) in [4.78, 5) is 30.0. The summed E-state index contributed by atoms with van der Waals surface area (Å²) in [5.41, 5.74) is 1.86. The van der Waals surface area contributed by atoms with Crippen LogP contribution in [-0.4, -0.2) is 54.6 Å². The summed E-state index contributed by atoms with van der Waals surface area (Å²) in [5.74, 6) is 1.51. The Balaban J connectivity index is 1.26. The number of hydrogen-bond acceptors (Lipinski definition) is 4. The minimum absolute atomic E-state index is 0.0480. The summed E-state index contributed by atoms with van der Waals surface area (Å²) >= 11 is 0. The van der Waals surface area contributed by atoms with E-state index in [4.69, 9.17) is 9.47 Å². The van der Waals surface area contributed by atoms with Crippen molar-refractivity contribution in [3.05, 3.63) is 54.1 Å². The van der Waals surface area contributed by atoms with Crippen LogP contribution in [0.5, 0.6) is 11.5 Å². The number of nitrogens with zero attached hydrogens (tertiary/aromatic N) is 2. The molecule has 1 N–H and O–H groups in total. The number of hydrogen-bond donors (Lipinski definition) is 1. The molecule has 2 fully saturated rings. The first-order valence-corrected chi connectivity index (χ1v) is 11.5. The second-order valence-electron chi connectivity index (χ2n) is 8.67. The van der Waals surface area contributed by atoms with Gasteiger partial charge in [-0.25, -0.2) is 4.79 Å². The van der Waals surface area contributed by atoms with E-state index in [1.807, 2.05) is 53.4 Å². The van der Waals surface area contributed by atoms with E-state index in [-0.39, 0.29) is 23.9 Å². The van der Waals surface area contributed by atoms with E-state index in [0.29, 0.717) is 26.3 Å². The molecule has 3 heterocycles. The van der Waals surface area contributed by atoms with Crippen LogP contribution >= 0.6 is 0 Å². The number of piperidine rings is 1. The number of likely N-dealkylation sites (tertiary alicyclic amines) is 2. The molecule has 0 spiro atoms. The number of urea groups is 1. The normalized spacial score (nSPS) is 22.5. The number of benzene rings is 2. The lowest BCUT2D eigenvalue weighted by Gasteiger charge is -2.36. The standard InChI is InChI=1S/C25H29N3O4/c29-24(19-6-4-12-27(17-19)25(30)26-20-7-2-1-3-8-20)28-13-5-9-21(28)18-10-11-22-23(16-18)32-15-14-31-22/h1-3,7-8,10-11,16,19,21H,4-6,9,12-15,17H2,(H,26,30)/t19-,21-/m0/s1. The molecular weight excluding hydrogens is 406 g/mol. The predicted octanol–water partition coefficient (Wildman–Crippen LogP) is 4.07. The molecular formula is C25H29N3O4. The highest BCUT2D eigenvalue weighted by molar-refractivity contribution is 5.90. The number of para-hydroxylation sites is 1. The minimum Gasteiger partial charge on any atom is -0.486 e. The van der Waals surface area contributed by atoms with Crippen molar-refractivity contribution in [1.82, 2.24) is 9.80 Å². The molecule has 2 aromatic rings. The molecule has 7 nitrogen and oxygen atoms in total. The third kappa shape index (κ3) is 4.24. The van der Waals surface area contributed by atoms with Gasteiger partial charge in [-0.2, -0.15) is 0 Å². The Morgan fingerprint density at radius 1 is 0.906 bits per heavy atom. The monoisotopic (exact) mass is 435 g/mol. The zero-order chi connectivity index (χ0) is 21.9. The fraction of sp³-hybridized carbons (Fsp3) is 0.440. The Bertz CT molecular complexity index is 980. The molecule has 2 atom stereocenters. The fourth-order valence-corrected chi connectivity index (χ4v) is 4.97. The van der Waals surface area contributed by atoms with Crippen LogP contribution in [0.1, 0.15) is 37.3 Å². The van der Waals surface area contributed by atoms with Crippen molar-refractivity contribution in [3.63, 3.8) is 0 Å². The third-order valence-corrected chi connectivity index (χ3v) is 6.57. The average molecular weight is 436 g/mol. The van der Waals surface area contributed by atoms with Gasteiger partial charge in [0.15, 0.2) is 11.5 Å². The van der Waals surface area contributed by atoms with Crippen LogP contribution in [-0.2, 0) is 4.79 Å². The summed E-state index contributed by atoms with van der Waals surface area (Å²) in [6, 6.07) is 15.4. The highest BCUT2D eigenvalue weighted by Gasteiger charge is 2.37. The number of rotatable bonds is 3. The lowest BCUT2D eigenvalue weighted by Crippen LogP contribution is -2.47. The van der Waals surface area contributed by atoms with E-state index in [9.17, 15) is 9.59 Å². The van der Waals surface area contributed by atoms with Gasteiger partial charge in [-0.05, 0) is 55.5 Å². The van der Waals surface area contributed by atoms with Crippen LogP contribution in [0.25, 0.3) is 0 Å². The third-order valence-electron chi connectivity index (χ3n) is 6.57. The van der Waals surface area contributed by atoms with Gasteiger partial charge in [0.05, 0.1) is 12.0 Å². The zero-order valence-corrected chi connectivity index (χ0v) is 18.2. The Morgan fingerprint density at radius 3 is 2.53 bits per heavy atom. The predicted molar refractivity (Wildman–Crippen MR) is 121 cm³/mol. The van der Waals surface area contributed by atoms with Gasteiger partial charge >= 0.3 is 6.03 Å². The summed E-state index contributed by atoms with van der Waals surface area (Å²) < 4.78 is 11.4. The smallest absolute Gasteiger partial charge is 0.321 e. The van der Waals surface area contributed by atoms with Crippen LogP contribution in [0, 0.1) is 5.92 Å². The molecule has 32 heavy (non-hydrogen) atoms. The molecule has 0 aromatic heterocycles. The van der Waals surface area contributed by atoms with Gasteiger partial charge in [0, 0.05) is 25.3 Å². The summed E-state index contributed by atoms with van der Waals surface area (Å²) in [6.07, 6.45) is 3.57. The SMILES string of the molecule is O=C(Nc1ccccc1)N1CCC[C@H](C(=O)N2CCC[C@H]2c2ccc3c(c2)OCCO3)C1. The van der Waals surface area contributed by atoms with E-state index in [2.05, 4.69) is 5.32 Å². The molecule has 0 aliphatic carbocycles. The molecule has 2 aromatic carbocycles. The van der Waals surface area contributed by atoms with Gasteiger partial charge in [-0.15, -0.1) is 0 Å². The molecule has 168 valence electrons. The minimum atomic E-state index is -0.164. The lowest BCUT2D eigenvalue weighted by molar-refractivity contribution is -0.137. The summed E-state index contributed by atoms with van der Waals surface area (Å²) in [7, 11) is 0. The number of nitrogens with one attached hydrogen (secondary N) is 1. The van der Waals surface area contributed by atoms with Crippen LogP contribution in [0.15, 0.2) is 48.5 Å². The largest absolute Gasteiger partial charge is 0.486 e. The second kappa shape index (κ2) is 9.10. The van der Waals surface area contributed by atoms with Crippen LogP contribution < -0.4 is 14.8 Å². The first-order valence-electron chi connectivity index (χ1n) is 11.5. The van der Waals surface area contributed by atoms with Crippen molar-refractivity contribution in [2.45, 2.75) is 31.7 Å². The van der Waals surface area contributed by atoms with Gasteiger partial charge in [-0.3, -0.25) is 4.79 Å². The fourth-order valence-electron chi connectivity index (χ4n) is 4.97.